The lowest BCUT2D eigenvalue weighted by molar-refractivity contribution is 0.378. The average molecular weight is 283 g/mol. The molecule has 2 N–H and O–H groups in total. The van der Waals surface area contributed by atoms with Gasteiger partial charge in [0, 0.05) is 11.8 Å². The van der Waals surface area contributed by atoms with Crippen molar-refractivity contribution in [1.82, 2.24) is 0 Å². The molecule has 0 bridgehead atoms. The fourth-order valence-corrected chi connectivity index (χ4v) is 4.86. The topological polar surface area (TPSA) is 69.4 Å². The number of hydrogen-bond donors (Lipinski definition) is 1. The Balaban J connectivity index is 2.39. The minimum atomic E-state index is -3.34. The van der Waals surface area contributed by atoms with E-state index in [2.05, 4.69) is 6.92 Å². The van der Waals surface area contributed by atoms with Gasteiger partial charge in [-0.05, 0) is 30.9 Å². The molecule has 4 nitrogen and oxygen atoms in total. The highest BCUT2D eigenvalue weighted by molar-refractivity contribution is 7.92. The largest absolute Gasteiger partial charge is 0.495 e. The Hall–Kier alpha value is -1.23. The van der Waals surface area contributed by atoms with Crippen molar-refractivity contribution in [2.75, 3.05) is 12.8 Å². The fourth-order valence-electron chi connectivity index (χ4n) is 2.76. The van der Waals surface area contributed by atoms with Crippen LogP contribution in [0.15, 0.2) is 23.1 Å². The van der Waals surface area contributed by atoms with E-state index in [0.29, 0.717) is 17.4 Å². The van der Waals surface area contributed by atoms with E-state index in [9.17, 15) is 8.42 Å². The third-order valence-electron chi connectivity index (χ3n) is 3.82. The van der Waals surface area contributed by atoms with Gasteiger partial charge < -0.3 is 10.5 Å². The highest BCUT2D eigenvalue weighted by atomic mass is 32.2. The average Bonchev–Trinajstić information content (AvgIpc) is 2.38. The first-order valence-electron chi connectivity index (χ1n) is 6.62. The van der Waals surface area contributed by atoms with Crippen molar-refractivity contribution in [3.63, 3.8) is 0 Å². The molecule has 1 saturated carbocycles. The standard InChI is InChI=1S/C14H21NO3S/c1-10-4-3-5-12(8-10)19(16,17)14-7-6-11(15)9-13(14)18-2/h6-7,9-10,12H,3-5,8,15H2,1-2H3. The minimum Gasteiger partial charge on any atom is -0.495 e. The molecule has 1 aromatic carbocycles. The number of rotatable bonds is 3. The molecule has 0 radical (unpaired) electrons. The van der Waals surface area contributed by atoms with Gasteiger partial charge in [0.05, 0.1) is 12.4 Å². The molecule has 0 spiro atoms. The van der Waals surface area contributed by atoms with E-state index in [1.807, 2.05) is 0 Å². The highest BCUT2D eigenvalue weighted by Crippen LogP contribution is 2.35. The molecule has 1 aliphatic rings. The molecule has 0 aromatic heterocycles. The van der Waals surface area contributed by atoms with Gasteiger partial charge in [0.1, 0.15) is 10.6 Å². The van der Waals surface area contributed by atoms with Crippen molar-refractivity contribution < 1.29 is 13.2 Å². The van der Waals surface area contributed by atoms with Crippen LogP contribution in [-0.2, 0) is 9.84 Å². The van der Waals surface area contributed by atoms with Crippen LogP contribution in [0.25, 0.3) is 0 Å². The van der Waals surface area contributed by atoms with Crippen LogP contribution in [0.1, 0.15) is 32.6 Å². The van der Waals surface area contributed by atoms with Crippen molar-refractivity contribution in [2.24, 2.45) is 5.92 Å². The van der Waals surface area contributed by atoms with Crippen LogP contribution in [0.5, 0.6) is 5.75 Å². The number of benzene rings is 1. The van der Waals surface area contributed by atoms with E-state index >= 15 is 0 Å². The zero-order chi connectivity index (χ0) is 14.0. The van der Waals surface area contributed by atoms with Crippen LogP contribution in [0, 0.1) is 5.92 Å². The normalized spacial score (nSPS) is 24.1. The lowest BCUT2D eigenvalue weighted by atomic mass is 9.91. The van der Waals surface area contributed by atoms with E-state index in [1.165, 1.54) is 7.11 Å². The second-order valence-corrected chi connectivity index (χ2v) is 7.55. The van der Waals surface area contributed by atoms with Gasteiger partial charge >= 0.3 is 0 Å². The number of anilines is 1. The molecule has 19 heavy (non-hydrogen) atoms. The summed E-state index contributed by atoms with van der Waals surface area (Å²) in [5.74, 6) is 0.812. The Labute approximate surface area is 114 Å². The van der Waals surface area contributed by atoms with Gasteiger partial charge in [-0.2, -0.15) is 0 Å². The van der Waals surface area contributed by atoms with Gasteiger partial charge in [-0.1, -0.05) is 19.8 Å². The Morgan fingerprint density at radius 3 is 2.68 bits per heavy atom. The lowest BCUT2D eigenvalue weighted by Gasteiger charge is -2.27. The van der Waals surface area contributed by atoms with Crippen LogP contribution in [0.4, 0.5) is 5.69 Å². The molecule has 2 unspecified atom stereocenters. The zero-order valence-electron chi connectivity index (χ0n) is 11.4. The highest BCUT2D eigenvalue weighted by Gasteiger charge is 2.33. The predicted molar refractivity (Wildman–Crippen MR) is 76.0 cm³/mol. The van der Waals surface area contributed by atoms with Crippen molar-refractivity contribution in [1.29, 1.82) is 0 Å². The van der Waals surface area contributed by atoms with Gasteiger partial charge in [-0.15, -0.1) is 0 Å². The molecule has 0 heterocycles. The number of ether oxygens (including phenoxy) is 1. The summed E-state index contributed by atoms with van der Waals surface area (Å²) in [6.45, 7) is 2.11. The smallest absolute Gasteiger partial charge is 0.184 e. The summed E-state index contributed by atoms with van der Waals surface area (Å²) in [7, 11) is -1.87. The van der Waals surface area contributed by atoms with E-state index in [0.717, 1.165) is 25.7 Å². The maximum atomic E-state index is 12.7. The Morgan fingerprint density at radius 2 is 2.05 bits per heavy atom. The third kappa shape index (κ3) is 2.86. The maximum Gasteiger partial charge on any atom is 0.184 e. The van der Waals surface area contributed by atoms with Crippen LogP contribution in [0.3, 0.4) is 0 Å². The summed E-state index contributed by atoms with van der Waals surface area (Å²) in [6, 6.07) is 4.74. The Bertz CT molecular complexity index is 554. The molecule has 106 valence electrons. The van der Waals surface area contributed by atoms with Gasteiger partial charge in [0.2, 0.25) is 0 Å². The van der Waals surface area contributed by atoms with Gasteiger partial charge in [-0.3, -0.25) is 0 Å². The number of nitrogen functional groups attached to an aromatic ring is 1. The Morgan fingerprint density at radius 1 is 1.32 bits per heavy atom. The summed E-state index contributed by atoms with van der Waals surface area (Å²) >= 11 is 0. The van der Waals surface area contributed by atoms with Crippen molar-refractivity contribution >= 4 is 15.5 Å². The number of hydrogen-bond acceptors (Lipinski definition) is 4. The van der Waals surface area contributed by atoms with Crippen LogP contribution in [0.2, 0.25) is 0 Å². The van der Waals surface area contributed by atoms with Crippen LogP contribution >= 0.6 is 0 Å². The van der Waals surface area contributed by atoms with Crippen molar-refractivity contribution in [2.45, 2.75) is 42.8 Å². The maximum absolute atomic E-state index is 12.7. The monoisotopic (exact) mass is 283 g/mol. The van der Waals surface area contributed by atoms with E-state index in [4.69, 9.17) is 10.5 Å². The first-order chi connectivity index (χ1) is 8.95. The minimum absolute atomic E-state index is 0.267. The molecule has 1 fully saturated rings. The number of sulfone groups is 1. The molecule has 2 rings (SSSR count). The molecular weight excluding hydrogens is 262 g/mol. The van der Waals surface area contributed by atoms with Crippen molar-refractivity contribution in [3.8, 4) is 5.75 Å². The second-order valence-electron chi connectivity index (χ2n) is 5.35. The van der Waals surface area contributed by atoms with E-state index in [1.54, 1.807) is 18.2 Å². The molecule has 0 aliphatic heterocycles. The van der Waals surface area contributed by atoms with E-state index < -0.39 is 9.84 Å². The van der Waals surface area contributed by atoms with Crippen LogP contribution in [-0.4, -0.2) is 20.8 Å². The molecule has 2 atom stereocenters. The molecular formula is C14H21NO3S. The van der Waals surface area contributed by atoms with Gasteiger partial charge in [-0.25, -0.2) is 8.42 Å². The zero-order valence-corrected chi connectivity index (χ0v) is 12.2. The molecule has 1 aromatic rings. The molecule has 1 aliphatic carbocycles. The molecule has 0 amide bonds. The van der Waals surface area contributed by atoms with Crippen molar-refractivity contribution in [3.05, 3.63) is 18.2 Å². The fraction of sp³-hybridized carbons (Fsp3) is 0.571. The number of methoxy groups -OCH3 is 1. The summed E-state index contributed by atoms with van der Waals surface area (Å²) < 4.78 is 30.6. The summed E-state index contributed by atoms with van der Waals surface area (Å²) in [5, 5.41) is -0.297. The van der Waals surface area contributed by atoms with E-state index in [-0.39, 0.29) is 10.1 Å². The molecule has 0 saturated heterocycles. The SMILES string of the molecule is COc1cc(N)ccc1S(=O)(=O)C1CCCC(C)C1. The lowest BCUT2D eigenvalue weighted by Crippen LogP contribution is -2.27. The third-order valence-corrected chi connectivity index (χ3v) is 6.08. The first-order valence-corrected chi connectivity index (χ1v) is 8.17. The van der Waals surface area contributed by atoms with Crippen LogP contribution < -0.4 is 10.5 Å². The first kappa shape index (κ1) is 14.2. The summed E-state index contributed by atoms with van der Waals surface area (Å²) in [5.41, 5.74) is 6.18. The Kier molecular flexibility index (Phi) is 4.04. The number of nitrogens with two attached hydrogens (primary N) is 1. The second kappa shape index (κ2) is 5.41. The molecule has 5 heteroatoms. The quantitative estimate of drug-likeness (QED) is 0.866. The van der Waals surface area contributed by atoms with Gasteiger partial charge in [0.15, 0.2) is 9.84 Å². The summed E-state index contributed by atoms with van der Waals surface area (Å²) in [6.07, 6.45) is 3.56. The predicted octanol–water partition coefficient (Wildman–Crippen LogP) is 2.63. The van der Waals surface area contributed by atoms with Gasteiger partial charge in [0.25, 0.3) is 0 Å². The summed E-state index contributed by atoms with van der Waals surface area (Å²) in [4.78, 5) is 0.267.